The van der Waals surface area contributed by atoms with Gasteiger partial charge in [0.15, 0.2) is 0 Å². The maximum atomic E-state index is 10.0. The number of hydrazine groups is 1. The molecule has 0 saturated carbocycles. The Kier molecular flexibility index (Phi) is 1.72. The summed E-state index contributed by atoms with van der Waals surface area (Å²) in [4.78, 5) is 11.5. The molecule has 0 aromatic rings. The van der Waals surface area contributed by atoms with E-state index < -0.39 is 0 Å². The van der Waals surface area contributed by atoms with Crippen molar-refractivity contribution in [2.45, 2.75) is 5.50 Å². The van der Waals surface area contributed by atoms with Gasteiger partial charge in [0.1, 0.15) is 5.50 Å². The first-order valence-corrected chi connectivity index (χ1v) is 2.74. The molecule has 1 fully saturated rings. The summed E-state index contributed by atoms with van der Waals surface area (Å²) >= 11 is 3.99. The van der Waals surface area contributed by atoms with Crippen molar-refractivity contribution in [3.05, 3.63) is 0 Å². The predicted octanol–water partition coefficient (Wildman–Crippen LogP) is -1.28. The van der Waals surface area contributed by atoms with Gasteiger partial charge in [0.05, 0.1) is 6.67 Å². The van der Waals surface area contributed by atoms with Crippen LogP contribution >= 0.6 is 12.6 Å². The molecule has 1 rings (SSSR count). The molecule has 0 aliphatic carbocycles. The van der Waals surface area contributed by atoms with Gasteiger partial charge in [0.2, 0.25) is 6.41 Å². The van der Waals surface area contributed by atoms with Crippen molar-refractivity contribution in [3.63, 3.8) is 0 Å². The fraction of sp³-hybridized carbons (Fsp3) is 0.667. The van der Waals surface area contributed by atoms with Crippen molar-refractivity contribution in [3.8, 4) is 0 Å². The molecule has 46 valence electrons. The molecule has 1 amide bonds. The van der Waals surface area contributed by atoms with Crippen LogP contribution in [0.1, 0.15) is 0 Å². The Bertz CT molecular complexity index is 98.5. The van der Waals surface area contributed by atoms with Crippen LogP contribution in [-0.4, -0.2) is 23.5 Å². The zero-order chi connectivity index (χ0) is 5.98. The average Bonchev–Trinajstić information content (AvgIpc) is 2.14. The molecule has 0 spiro atoms. The Morgan fingerprint density at radius 3 is 2.88 bits per heavy atom. The van der Waals surface area contributed by atoms with Crippen LogP contribution in [0.3, 0.4) is 0 Å². The van der Waals surface area contributed by atoms with Crippen LogP contribution in [0.2, 0.25) is 0 Å². The second-order valence-corrected chi connectivity index (χ2v) is 1.96. The number of carbonyl (C=O) groups excluding carboxylic acids is 1. The molecule has 0 aromatic heterocycles. The van der Waals surface area contributed by atoms with Crippen LogP contribution in [0, 0.1) is 0 Å². The van der Waals surface area contributed by atoms with Gasteiger partial charge in [-0.3, -0.25) is 4.79 Å². The molecule has 0 aromatic carbocycles. The fourth-order valence-electron chi connectivity index (χ4n) is 0.493. The van der Waals surface area contributed by atoms with E-state index in [1.54, 1.807) is 0 Å². The Morgan fingerprint density at radius 2 is 2.62 bits per heavy atom. The van der Waals surface area contributed by atoms with Gasteiger partial charge in [-0.05, 0) is 0 Å². The minimum Gasteiger partial charge on any atom is -0.306 e. The first kappa shape index (κ1) is 5.87. The summed E-state index contributed by atoms with van der Waals surface area (Å²) in [5.41, 5.74) is 5.30. The molecule has 1 aliphatic rings. The molecule has 1 aliphatic heterocycles. The lowest BCUT2D eigenvalue weighted by atomic mass is 10.8. The van der Waals surface area contributed by atoms with E-state index in [4.69, 9.17) is 0 Å². The molecule has 1 saturated heterocycles. The Labute approximate surface area is 52.6 Å². The summed E-state index contributed by atoms with van der Waals surface area (Å²) in [6.07, 6.45) is 0.741. The molecule has 4 nitrogen and oxygen atoms in total. The van der Waals surface area contributed by atoms with Crippen molar-refractivity contribution < 1.29 is 4.79 Å². The van der Waals surface area contributed by atoms with E-state index in [0.29, 0.717) is 6.67 Å². The molecule has 1 atom stereocenters. The summed E-state index contributed by atoms with van der Waals surface area (Å²) in [6, 6.07) is 0. The third kappa shape index (κ3) is 0.936. The minimum atomic E-state index is -0.174. The number of nitrogens with one attached hydrogen (secondary N) is 2. The summed E-state index contributed by atoms with van der Waals surface area (Å²) < 4.78 is 0. The van der Waals surface area contributed by atoms with Gasteiger partial charge < -0.3 is 4.90 Å². The van der Waals surface area contributed by atoms with Gasteiger partial charge in [0.25, 0.3) is 0 Å². The zero-order valence-corrected chi connectivity index (χ0v) is 5.06. The van der Waals surface area contributed by atoms with E-state index in [-0.39, 0.29) is 5.50 Å². The van der Waals surface area contributed by atoms with E-state index in [0.717, 1.165) is 6.41 Å². The number of carbonyl (C=O) groups is 1. The number of rotatable bonds is 1. The van der Waals surface area contributed by atoms with Crippen LogP contribution in [0.5, 0.6) is 0 Å². The Balaban J connectivity index is 2.41. The van der Waals surface area contributed by atoms with Crippen molar-refractivity contribution in [1.29, 1.82) is 0 Å². The van der Waals surface area contributed by atoms with Gasteiger partial charge in [-0.2, -0.15) is 0 Å². The molecular formula is C3H7N3OS. The number of thiol groups is 1. The fourth-order valence-corrected chi connectivity index (χ4v) is 0.720. The van der Waals surface area contributed by atoms with E-state index in [2.05, 4.69) is 23.5 Å². The quantitative estimate of drug-likeness (QED) is 0.308. The maximum absolute atomic E-state index is 10.0. The highest BCUT2D eigenvalue weighted by Gasteiger charge is 2.16. The summed E-state index contributed by atoms with van der Waals surface area (Å²) in [7, 11) is 0. The van der Waals surface area contributed by atoms with Gasteiger partial charge in [0, 0.05) is 0 Å². The highest BCUT2D eigenvalue weighted by atomic mass is 32.1. The number of hydrogen-bond acceptors (Lipinski definition) is 4. The molecule has 2 N–H and O–H groups in total. The van der Waals surface area contributed by atoms with E-state index in [1.165, 1.54) is 4.90 Å². The molecule has 0 bridgehead atoms. The van der Waals surface area contributed by atoms with Crippen molar-refractivity contribution in [2.75, 3.05) is 6.67 Å². The highest BCUT2D eigenvalue weighted by Crippen LogP contribution is 1.98. The normalized spacial score (nSPS) is 28.6. The van der Waals surface area contributed by atoms with E-state index in [9.17, 15) is 4.79 Å². The second-order valence-electron chi connectivity index (χ2n) is 1.47. The van der Waals surface area contributed by atoms with E-state index in [1.807, 2.05) is 0 Å². The third-order valence-electron chi connectivity index (χ3n) is 0.942. The van der Waals surface area contributed by atoms with Crippen LogP contribution < -0.4 is 10.9 Å². The monoisotopic (exact) mass is 133 g/mol. The van der Waals surface area contributed by atoms with Gasteiger partial charge in [-0.1, -0.05) is 0 Å². The topological polar surface area (TPSA) is 44.4 Å². The smallest absolute Gasteiger partial charge is 0.212 e. The molecular weight excluding hydrogens is 126 g/mol. The summed E-state index contributed by atoms with van der Waals surface area (Å²) in [5, 5.41) is 0. The maximum Gasteiger partial charge on any atom is 0.212 e. The highest BCUT2D eigenvalue weighted by molar-refractivity contribution is 7.80. The minimum absolute atomic E-state index is 0.174. The standard InChI is InChI=1S/C3H7N3OS/c7-2-6-1-4-5-3(6)8/h2-5,8H,1H2. The lowest BCUT2D eigenvalue weighted by molar-refractivity contribution is -0.117. The Hall–Kier alpha value is -0.260. The predicted molar refractivity (Wildman–Crippen MR) is 31.8 cm³/mol. The first-order valence-electron chi connectivity index (χ1n) is 2.22. The molecule has 1 unspecified atom stereocenters. The van der Waals surface area contributed by atoms with Gasteiger partial charge in [-0.15, -0.1) is 12.6 Å². The van der Waals surface area contributed by atoms with Crippen LogP contribution in [-0.2, 0) is 4.79 Å². The Morgan fingerprint density at radius 1 is 1.88 bits per heavy atom. The lowest BCUT2D eigenvalue weighted by Gasteiger charge is -2.09. The SMILES string of the molecule is O=CN1CNNC1S. The molecule has 0 radical (unpaired) electrons. The average molecular weight is 133 g/mol. The summed E-state index contributed by atoms with van der Waals surface area (Å²) in [6.45, 7) is 0.525. The first-order chi connectivity index (χ1) is 3.84. The second kappa shape index (κ2) is 2.34. The van der Waals surface area contributed by atoms with E-state index >= 15 is 0 Å². The molecule has 5 heteroatoms. The van der Waals surface area contributed by atoms with Crippen molar-refractivity contribution in [1.82, 2.24) is 15.8 Å². The largest absolute Gasteiger partial charge is 0.306 e. The van der Waals surface area contributed by atoms with Crippen LogP contribution in [0.25, 0.3) is 0 Å². The summed E-state index contributed by atoms with van der Waals surface area (Å²) in [5.74, 6) is 0. The van der Waals surface area contributed by atoms with Gasteiger partial charge in [-0.25, -0.2) is 10.9 Å². The van der Waals surface area contributed by atoms with Crippen molar-refractivity contribution >= 4 is 19.0 Å². The van der Waals surface area contributed by atoms with Crippen LogP contribution in [0.15, 0.2) is 0 Å². The number of amides is 1. The van der Waals surface area contributed by atoms with Crippen LogP contribution in [0.4, 0.5) is 0 Å². The lowest BCUT2D eigenvalue weighted by Crippen LogP contribution is -2.30. The number of hydrogen-bond donors (Lipinski definition) is 3. The van der Waals surface area contributed by atoms with Crippen molar-refractivity contribution in [2.24, 2.45) is 0 Å². The molecule has 1 heterocycles. The molecule has 8 heavy (non-hydrogen) atoms. The number of nitrogens with zero attached hydrogens (tertiary/aromatic N) is 1. The third-order valence-corrected chi connectivity index (χ3v) is 1.37. The zero-order valence-electron chi connectivity index (χ0n) is 4.16. The van der Waals surface area contributed by atoms with Gasteiger partial charge >= 0.3 is 0 Å².